The van der Waals surface area contributed by atoms with E-state index in [0.29, 0.717) is 6.04 Å². The monoisotopic (exact) mass is 215 g/mol. The van der Waals surface area contributed by atoms with Crippen LogP contribution in [0.15, 0.2) is 24.3 Å². The molecule has 0 aliphatic heterocycles. The van der Waals surface area contributed by atoms with Gasteiger partial charge in [0.25, 0.3) is 0 Å². The Balaban J connectivity index is 2.32. The summed E-state index contributed by atoms with van der Waals surface area (Å²) in [5, 5.41) is 10.4. The van der Waals surface area contributed by atoms with E-state index >= 15 is 0 Å². The predicted octanol–water partition coefficient (Wildman–Crippen LogP) is 2.88. The normalized spacial score (nSPS) is 15.6. The van der Waals surface area contributed by atoms with Crippen LogP contribution >= 0.6 is 0 Å². The molecule has 0 unspecified atom stereocenters. The summed E-state index contributed by atoms with van der Waals surface area (Å²) in [6, 6.07) is 7.61. The fourth-order valence-electron chi connectivity index (χ4n) is 2.22. The SMILES string of the molecule is CC(=O)c1cc2cc(O)ccc2n1C1CC1. The molecule has 0 amide bonds. The number of rotatable bonds is 2. The lowest BCUT2D eigenvalue weighted by Gasteiger charge is -2.06. The molecule has 1 aromatic heterocycles. The summed E-state index contributed by atoms with van der Waals surface area (Å²) in [7, 11) is 0. The topological polar surface area (TPSA) is 42.2 Å². The van der Waals surface area contributed by atoms with Crippen LogP contribution < -0.4 is 0 Å². The Morgan fingerprint density at radius 2 is 2.12 bits per heavy atom. The first kappa shape index (κ1) is 9.46. The Morgan fingerprint density at radius 1 is 1.38 bits per heavy atom. The zero-order valence-electron chi connectivity index (χ0n) is 9.10. The summed E-state index contributed by atoms with van der Waals surface area (Å²) >= 11 is 0. The van der Waals surface area contributed by atoms with Crippen LogP contribution in [-0.4, -0.2) is 15.5 Å². The van der Waals surface area contributed by atoms with Gasteiger partial charge in [-0.1, -0.05) is 0 Å². The van der Waals surface area contributed by atoms with Crippen LogP contribution in [0.25, 0.3) is 10.9 Å². The van der Waals surface area contributed by atoms with Gasteiger partial charge in [-0.3, -0.25) is 4.79 Å². The molecule has 1 aliphatic carbocycles. The Morgan fingerprint density at radius 3 is 2.75 bits per heavy atom. The van der Waals surface area contributed by atoms with E-state index in [1.807, 2.05) is 12.1 Å². The van der Waals surface area contributed by atoms with Crippen molar-refractivity contribution in [2.45, 2.75) is 25.8 Å². The molecule has 0 atom stereocenters. The predicted molar refractivity (Wildman–Crippen MR) is 61.9 cm³/mol. The highest BCUT2D eigenvalue weighted by molar-refractivity contribution is 5.99. The third kappa shape index (κ3) is 1.32. The van der Waals surface area contributed by atoms with Gasteiger partial charge < -0.3 is 9.67 Å². The summed E-state index contributed by atoms with van der Waals surface area (Å²) < 4.78 is 2.11. The minimum absolute atomic E-state index is 0.0857. The van der Waals surface area contributed by atoms with Gasteiger partial charge in [-0.15, -0.1) is 0 Å². The fraction of sp³-hybridized carbons (Fsp3) is 0.308. The fourth-order valence-corrected chi connectivity index (χ4v) is 2.22. The lowest BCUT2D eigenvalue weighted by Crippen LogP contribution is -2.04. The zero-order valence-corrected chi connectivity index (χ0v) is 9.10. The van der Waals surface area contributed by atoms with E-state index in [0.717, 1.165) is 29.4 Å². The third-order valence-electron chi connectivity index (χ3n) is 3.10. The van der Waals surface area contributed by atoms with Crippen molar-refractivity contribution in [2.24, 2.45) is 0 Å². The van der Waals surface area contributed by atoms with Gasteiger partial charge in [0.15, 0.2) is 5.78 Å². The van der Waals surface area contributed by atoms with Crippen LogP contribution in [0.5, 0.6) is 5.75 Å². The lowest BCUT2D eigenvalue weighted by molar-refractivity contribution is 0.100. The molecule has 16 heavy (non-hydrogen) atoms. The quantitative estimate of drug-likeness (QED) is 0.782. The Bertz CT molecular complexity index is 579. The van der Waals surface area contributed by atoms with Crippen molar-refractivity contribution in [1.29, 1.82) is 0 Å². The second-order valence-corrected chi connectivity index (χ2v) is 4.43. The third-order valence-corrected chi connectivity index (χ3v) is 3.10. The number of Topliss-reactive ketones (excluding diaryl/α,β-unsaturated/α-hetero) is 1. The zero-order chi connectivity index (χ0) is 11.3. The van der Waals surface area contributed by atoms with Crippen LogP contribution in [-0.2, 0) is 0 Å². The van der Waals surface area contributed by atoms with Crippen LogP contribution in [0.2, 0.25) is 0 Å². The van der Waals surface area contributed by atoms with Crippen molar-refractivity contribution in [2.75, 3.05) is 0 Å². The first-order valence-corrected chi connectivity index (χ1v) is 5.52. The van der Waals surface area contributed by atoms with Crippen molar-refractivity contribution in [3.63, 3.8) is 0 Å². The minimum Gasteiger partial charge on any atom is -0.508 e. The van der Waals surface area contributed by atoms with Gasteiger partial charge in [-0.05, 0) is 37.1 Å². The van der Waals surface area contributed by atoms with Crippen molar-refractivity contribution in [1.82, 2.24) is 4.57 Å². The average Bonchev–Trinajstić information content (AvgIpc) is 2.99. The second-order valence-electron chi connectivity index (χ2n) is 4.43. The van der Waals surface area contributed by atoms with Gasteiger partial charge in [0.05, 0.1) is 5.69 Å². The minimum atomic E-state index is 0.0857. The molecule has 1 fully saturated rings. The summed E-state index contributed by atoms with van der Waals surface area (Å²) in [4.78, 5) is 11.6. The van der Waals surface area contributed by atoms with Crippen molar-refractivity contribution in [3.05, 3.63) is 30.0 Å². The molecule has 1 aliphatic rings. The lowest BCUT2D eigenvalue weighted by atomic mass is 10.2. The summed E-state index contributed by atoms with van der Waals surface area (Å²) in [6.45, 7) is 1.59. The van der Waals surface area contributed by atoms with Crippen molar-refractivity contribution >= 4 is 16.7 Å². The highest BCUT2D eigenvalue weighted by Gasteiger charge is 2.28. The highest BCUT2D eigenvalue weighted by Crippen LogP contribution is 2.40. The summed E-state index contributed by atoms with van der Waals surface area (Å²) in [5.41, 5.74) is 1.80. The number of hydrogen-bond donors (Lipinski definition) is 1. The van der Waals surface area contributed by atoms with E-state index in [4.69, 9.17) is 0 Å². The van der Waals surface area contributed by atoms with Gasteiger partial charge >= 0.3 is 0 Å². The first-order valence-electron chi connectivity index (χ1n) is 5.52. The van der Waals surface area contributed by atoms with E-state index in [-0.39, 0.29) is 11.5 Å². The number of phenolic OH excluding ortho intramolecular Hbond substituents is 1. The van der Waals surface area contributed by atoms with E-state index < -0.39 is 0 Å². The number of aromatic hydroxyl groups is 1. The number of nitrogens with zero attached hydrogens (tertiary/aromatic N) is 1. The Hall–Kier alpha value is -1.77. The van der Waals surface area contributed by atoms with E-state index in [9.17, 15) is 9.90 Å². The second kappa shape index (κ2) is 3.11. The molecule has 1 aromatic carbocycles. The highest BCUT2D eigenvalue weighted by atomic mass is 16.3. The molecule has 82 valence electrons. The largest absolute Gasteiger partial charge is 0.508 e. The molecule has 0 bridgehead atoms. The number of carbonyl (C=O) groups excluding carboxylic acids is 1. The Labute approximate surface area is 93.3 Å². The van der Waals surface area contributed by atoms with E-state index in [1.165, 1.54) is 0 Å². The molecule has 1 N–H and O–H groups in total. The molecule has 3 rings (SSSR count). The number of ketones is 1. The molecule has 1 heterocycles. The summed E-state index contributed by atoms with van der Waals surface area (Å²) in [5.74, 6) is 0.332. The van der Waals surface area contributed by atoms with Crippen LogP contribution in [0.3, 0.4) is 0 Å². The molecule has 2 aromatic rings. The first-order chi connectivity index (χ1) is 7.66. The number of benzene rings is 1. The van der Waals surface area contributed by atoms with Crippen LogP contribution in [0.4, 0.5) is 0 Å². The Kier molecular flexibility index (Phi) is 1.84. The van der Waals surface area contributed by atoms with Crippen molar-refractivity contribution in [3.8, 4) is 5.75 Å². The van der Waals surface area contributed by atoms with Gasteiger partial charge in [-0.25, -0.2) is 0 Å². The van der Waals surface area contributed by atoms with Gasteiger partial charge in [0.1, 0.15) is 5.75 Å². The van der Waals surface area contributed by atoms with Crippen LogP contribution in [0.1, 0.15) is 36.3 Å². The number of phenols is 1. The molecular formula is C13H13NO2. The number of hydrogen-bond acceptors (Lipinski definition) is 2. The van der Waals surface area contributed by atoms with Gasteiger partial charge in [0.2, 0.25) is 0 Å². The maximum absolute atomic E-state index is 11.6. The summed E-state index contributed by atoms with van der Waals surface area (Å²) in [6.07, 6.45) is 2.29. The molecule has 0 radical (unpaired) electrons. The number of carbonyl (C=O) groups is 1. The maximum atomic E-state index is 11.6. The van der Waals surface area contributed by atoms with E-state index in [2.05, 4.69) is 4.57 Å². The molecule has 0 spiro atoms. The number of fused-ring (bicyclic) bond motifs is 1. The molecular weight excluding hydrogens is 202 g/mol. The molecule has 3 heteroatoms. The van der Waals surface area contributed by atoms with Crippen LogP contribution in [0, 0.1) is 0 Å². The maximum Gasteiger partial charge on any atom is 0.176 e. The van der Waals surface area contributed by atoms with Gasteiger partial charge in [0, 0.05) is 23.9 Å². The number of aromatic nitrogens is 1. The molecule has 1 saturated carbocycles. The van der Waals surface area contributed by atoms with E-state index in [1.54, 1.807) is 19.1 Å². The van der Waals surface area contributed by atoms with Crippen molar-refractivity contribution < 1.29 is 9.90 Å². The molecule has 0 saturated heterocycles. The molecule has 3 nitrogen and oxygen atoms in total. The smallest absolute Gasteiger partial charge is 0.176 e. The van der Waals surface area contributed by atoms with Gasteiger partial charge in [-0.2, -0.15) is 0 Å². The standard InChI is InChI=1S/C13H13NO2/c1-8(15)13-7-9-6-11(16)4-5-12(9)14(13)10-2-3-10/h4-7,10,16H,2-3H2,1H3. The average molecular weight is 215 g/mol.